The van der Waals surface area contributed by atoms with E-state index in [1.807, 2.05) is 30.3 Å². The van der Waals surface area contributed by atoms with Crippen LogP contribution < -0.4 is 5.32 Å². The van der Waals surface area contributed by atoms with Gasteiger partial charge in [-0.05, 0) is 49.3 Å². The maximum Gasteiger partial charge on any atom is 0.409 e. The molecule has 1 aromatic heterocycles. The van der Waals surface area contributed by atoms with Crippen LogP contribution in [0.1, 0.15) is 44.1 Å². The van der Waals surface area contributed by atoms with Crippen LogP contribution in [-0.2, 0) is 25.9 Å². The summed E-state index contributed by atoms with van der Waals surface area (Å²) in [5, 5.41) is 14.1. The summed E-state index contributed by atoms with van der Waals surface area (Å²) >= 11 is 0. The van der Waals surface area contributed by atoms with E-state index in [0.717, 1.165) is 37.7 Å². The molecule has 0 radical (unpaired) electrons. The summed E-state index contributed by atoms with van der Waals surface area (Å²) < 4.78 is 39.1. The Balaban J connectivity index is 1.52. The minimum Gasteiger partial charge on any atom is -0.420 e. The summed E-state index contributed by atoms with van der Waals surface area (Å²) in [6, 6.07) is 11.8. The van der Waals surface area contributed by atoms with E-state index in [9.17, 15) is 18.3 Å². The van der Waals surface area contributed by atoms with Gasteiger partial charge in [0.2, 0.25) is 16.3 Å². The molecule has 9 nitrogen and oxygen atoms in total. The minimum atomic E-state index is -3.89. The number of carbonyl (C=O) groups is 1. The van der Waals surface area contributed by atoms with Gasteiger partial charge in [-0.25, -0.2) is 13.2 Å². The van der Waals surface area contributed by atoms with E-state index in [1.54, 1.807) is 6.07 Å². The van der Waals surface area contributed by atoms with E-state index in [0.29, 0.717) is 26.0 Å². The van der Waals surface area contributed by atoms with E-state index in [-0.39, 0.29) is 17.4 Å². The smallest absolute Gasteiger partial charge is 0.409 e. The molecule has 2 heterocycles. The Labute approximate surface area is 212 Å². The van der Waals surface area contributed by atoms with Crippen LogP contribution in [0.15, 0.2) is 59.8 Å². The van der Waals surface area contributed by atoms with E-state index in [4.69, 9.17) is 9.47 Å². The Morgan fingerprint density at radius 2 is 1.92 bits per heavy atom. The minimum absolute atomic E-state index is 0.0838. The van der Waals surface area contributed by atoms with Crippen LogP contribution in [0.5, 0.6) is 0 Å². The summed E-state index contributed by atoms with van der Waals surface area (Å²) in [5.74, 6) is 0.230. The molecule has 1 amide bonds. The molecule has 1 saturated heterocycles. The number of carbonyl (C=O) groups excluding carboxylic acids is 1. The van der Waals surface area contributed by atoms with Crippen molar-refractivity contribution in [1.29, 1.82) is 0 Å². The summed E-state index contributed by atoms with van der Waals surface area (Å²) in [5.41, 5.74) is 0.899. The van der Waals surface area contributed by atoms with E-state index in [1.165, 1.54) is 22.8 Å². The van der Waals surface area contributed by atoms with E-state index < -0.39 is 34.6 Å². The van der Waals surface area contributed by atoms with Gasteiger partial charge in [-0.1, -0.05) is 43.2 Å². The molecule has 0 unspecified atom stereocenters. The molecule has 0 bridgehead atoms. The second-order valence-corrected chi connectivity index (χ2v) is 11.5. The van der Waals surface area contributed by atoms with Crippen LogP contribution in [0, 0.1) is 5.92 Å². The predicted molar refractivity (Wildman–Crippen MR) is 133 cm³/mol. The molecule has 2 N–H and O–H groups in total. The first-order chi connectivity index (χ1) is 17.4. The highest BCUT2D eigenvalue weighted by atomic mass is 32.2. The lowest BCUT2D eigenvalue weighted by Crippen LogP contribution is -2.51. The van der Waals surface area contributed by atoms with E-state index in [2.05, 4.69) is 10.3 Å². The van der Waals surface area contributed by atoms with Crippen molar-refractivity contribution in [3.05, 3.63) is 60.4 Å². The van der Waals surface area contributed by atoms with Crippen LogP contribution in [0.25, 0.3) is 0 Å². The normalized spacial score (nSPS) is 20.3. The van der Waals surface area contributed by atoms with Gasteiger partial charge >= 0.3 is 6.09 Å². The highest BCUT2D eigenvalue weighted by Crippen LogP contribution is 2.28. The number of aliphatic hydroxyl groups excluding tert-OH is 1. The number of aromatic nitrogens is 1. The van der Waals surface area contributed by atoms with Crippen molar-refractivity contribution in [3.8, 4) is 0 Å². The van der Waals surface area contributed by atoms with Crippen molar-refractivity contribution in [1.82, 2.24) is 14.6 Å². The molecule has 4 rings (SSSR count). The van der Waals surface area contributed by atoms with E-state index >= 15 is 0 Å². The average Bonchev–Trinajstić information content (AvgIpc) is 3.59. The SMILES string of the molecule is O=C(N[C@@H](Cc1ccccc1)[C@@H](O)CN(CC1CCCC1)S(=O)(=O)c1cccnc1)O[C@H]1CCCO1. The zero-order chi connectivity index (χ0) is 25.4. The highest BCUT2D eigenvalue weighted by molar-refractivity contribution is 7.89. The van der Waals surface area contributed by atoms with Crippen molar-refractivity contribution in [3.63, 3.8) is 0 Å². The summed E-state index contributed by atoms with van der Waals surface area (Å²) in [4.78, 5) is 16.7. The first-order valence-corrected chi connectivity index (χ1v) is 14.1. The summed E-state index contributed by atoms with van der Waals surface area (Å²) in [7, 11) is -3.89. The average molecular weight is 518 g/mol. The summed E-state index contributed by atoms with van der Waals surface area (Å²) in [6.07, 6.45) is 6.17. The molecule has 1 saturated carbocycles. The molecule has 1 aliphatic carbocycles. The van der Waals surface area contributed by atoms with Gasteiger partial charge in [0.15, 0.2) is 0 Å². The van der Waals surface area contributed by atoms with Gasteiger partial charge in [-0.2, -0.15) is 4.31 Å². The second kappa shape index (κ2) is 12.6. The Hall–Kier alpha value is -2.53. The fourth-order valence-electron chi connectivity index (χ4n) is 4.83. The van der Waals surface area contributed by atoms with Crippen molar-refractivity contribution in [2.24, 2.45) is 5.92 Å². The molecule has 3 atom stereocenters. The lowest BCUT2D eigenvalue weighted by Gasteiger charge is -2.31. The number of pyridine rings is 1. The standard InChI is InChI=1S/C26H35N3O6S/c30-24(19-29(18-21-10-4-5-11-21)36(32,33)22-12-6-14-27-17-22)23(16-20-8-2-1-3-9-20)28-26(31)35-25-13-7-15-34-25/h1-3,6,8-9,12,14,17,21,23-25,30H,4-5,7,10-11,13,15-16,18-19H2,(H,28,31)/t23-,24-,25-/m0/s1. The third-order valence-corrected chi connectivity index (χ3v) is 8.61. The number of sulfonamides is 1. The number of nitrogens with zero attached hydrogens (tertiary/aromatic N) is 2. The highest BCUT2D eigenvalue weighted by Gasteiger charge is 2.34. The molecule has 10 heteroatoms. The van der Waals surface area contributed by atoms with Crippen LogP contribution in [-0.4, -0.2) is 67.0 Å². The number of amides is 1. The maximum absolute atomic E-state index is 13.5. The quantitative estimate of drug-likeness (QED) is 0.470. The molecule has 2 fully saturated rings. The first-order valence-electron chi connectivity index (χ1n) is 12.6. The van der Waals surface area contributed by atoms with Crippen molar-refractivity contribution in [2.45, 2.75) is 68.3 Å². The van der Waals surface area contributed by atoms with Gasteiger partial charge in [-0.15, -0.1) is 0 Å². The number of hydrogen-bond acceptors (Lipinski definition) is 7. The molecule has 36 heavy (non-hydrogen) atoms. The number of hydrogen-bond donors (Lipinski definition) is 2. The Morgan fingerprint density at radius 3 is 2.58 bits per heavy atom. The van der Waals surface area contributed by atoms with Gasteiger partial charge < -0.3 is 19.9 Å². The fourth-order valence-corrected chi connectivity index (χ4v) is 6.33. The monoisotopic (exact) mass is 517 g/mol. The largest absolute Gasteiger partial charge is 0.420 e. The third kappa shape index (κ3) is 7.25. The van der Waals surface area contributed by atoms with Gasteiger partial charge in [0.1, 0.15) is 4.90 Å². The molecule has 0 spiro atoms. The van der Waals surface area contributed by atoms with Gasteiger partial charge in [0.05, 0.1) is 18.8 Å². The zero-order valence-electron chi connectivity index (χ0n) is 20.4. The molecule has 196 valence electrons. The molecule has 1 aromatic carbocycles. The summed E-state index contributed by atoms with van der Waals surface area (Å²) in [6.45, 7) is 0.689. The lowest BCUT2D eigenvalue weighted by molar-refractivity contribution is -0.0698. The third-order valence-electron chi connectivity index (χ3n) is 6.79. The van der Waals surface area contributed by atoms with Gasteiger partial charge in [0, 0.05) is 31.9 Å². The number of rotatable bonds is 11. The lowest BCUT2D eigenvalue weighted by atomic mass is 10.0. The molecule has 1 aliphatic heterocycles. The number of aliphatic hydroxyl groups is 1. The van der Waals surface area contributed by atoms with Gasteiger partial charge in [-0.3, -0.25) is 4.98 Å². The predicted octanol–water partition coefficient (Wildman–Crippen LogP) is 3.10. The zero-order valence-corrected chi connectivity index (χ0v) is 21.2. The fraction of sp³-hybridized carbons (Fsp3) is 0.538. The van der Waals surface area contributed by atoms with Crippen LogP contribution in [0.2, 0.25) is 0 Å². The number of ether oxygens (including phenoxy) is 2. The van der Waals surface area contributed by atoms with Crippen LogP contribution >= 0.6 is 0 Å². The van der Waals surface area contributed by atoms with Crippen molar-refractivity contribution >= 4 is 16.1 Å². The van der Waals surface area contributed by atoms with Crippen molar-refractivity contribution < 1.29 is 27.8 Å². The maximum atomic E-state index is 13.5. The molecule has 2 aromatic rings. The van der Waals surface area contributed by atoms with Crippen LogP contribution in [0.4, 0.5) is 4.79 Å². The van der Waals surface area contributed by atoms with Crippen molar-refractivity contribution in [2.75, 3.05) is 19.7 Å². The van der Waals surface area contributed by atoms with Gasteiger partial charge in [0.25, 0.3) is 0 Å². The molecular formula is C26H35N3O6S. The number of nitrogens with one attached hydrogen (secondary N) is 1. The molecule has 2 aliphatic rings. The first kappa shape index (κ1) is 26.5. The Morgan fingerprint density at radius 1 is 1.14 bits per heavy atom. The Kier molecular flexibility index (Phi) is 9.30. The van der Waals surface area contributed by atoms with Crippen LogP contribution in [0.3, 0.4) is 0 Å². The second-order valence-electron chi connectivity index (χ2n) is 9.52. The number of benzene rings is 1. The Bertz CT molecular complexity index is 1060. The number of alkyl carbamates (subject to hydrolysis) is 1. The molecular weight excluding hydrogens is 482 g/mol. The topological polar surface area (TPSA) is 118 Å².